The fourth-order valence-electron chi connectivity index (χ4n) is 0.808. The van der Waals surface area contributed by atoms with Gasteiger partial charge in [0.15, 0.2) is 0 Å². The maximum atomic E-state index is 2.08. The van der Waals surface area contributed by atoms with Gasteiger partial charge in [-0.15, -0.1) is 0 Å². The van der Waals surface area contributed by atoms with Crippen LogP contribution in [-0.4, -0.2) is 0 Å². The SMILES string of the molecule is C/C=C/C=C/C=C/C=C/C=C/C=C(C)C. The molecule has 0 bridgehead atoms. The number of rotatable bonds is 5. The van der Waals surface area contributed by atoms with Gasteiger partial charge in [-0.3, -0.25) is 0 Å². The Bertz CT molecular complexity index is 303. The van der Waals surface area contributed by atoms with Crippen molar-refractivity contribution in [2.24, 2.45) is 0 Å². The molecule has 0 radical (unpaired) electrons. The van der Waals surface area contributed by atoms with Crippen molar-refractivity contribution in [3.05, 3.63) is 72.4 Å². The average molecular weight is 200 g/mol. The van der Waals surface area contributed by atoms with Gasteiger partial charge in [-0.25, -0.2) is 0 Å². The van der Waals surface area contributed by atoms with Crippen LogP contribution in [0.4, 0.5) is 0 Å². The minimum absolute atomic E-state index is 1.31. The van der Waals surface area contributed by atoms with Crippen LogP contribution in [0.1, 0.15) is 20.8 Å². The summed E-state index contributed by atoms with van der Waals surface area (Å²) < 4.78 is 0. The van der Waals surface area contributed by atoms with Gasteiger partial charge in [-0.05, 0) is 20.8 Å². The van der Waals surface area contributed by atoms with Crippen molar-refractivity contribution in [2.75, 3.05) is 0 Å². The fraction of sp³-hybridized carbons (Fsp3) is 0.200. The molecule has 0 fully saturated rings. The predicted octanol–water partition coefficient (Wildman–Crippen LogP) is 4.75. The Morgan fingerprint density at radius 3 is 1.40 bits per heavy atom. The summed E-state index contributed by atoms with van der Waals surface area (Å²) in [7, 11) is 0. The highest BCUT2D eigenvalue weighted by molar-refractivity contribution is 5.20. The first-order valence-corrected chi connectivity index (χ1v) is 5.20. The zero-order chi connectivity index (χ0) is 11.4. The van der Waals surface area contributed by atoms with Crippen LogP contribution in [0.5, 0.6) is 0 Å². The summed E-state index contributed by atoms with van der Waals surface area (Å²) in [6, 6.07) is 0. The van der Waals surface area contributed by atoms with Crippen molar-refractivity contribution in [1.29, 1.82) is 0 Å². The molecule has 80 valence electrons. The lowest BCUT2D eigenvalue weighted by atomic mass is 10.3. The van der Waals surface area contributed by atoms with E-state index in [-0.39, 0.29) is 0 Å². The van der Waals surface area contributed by atoms with Crippen LogP contribution in [-0.2, 0) is 0 Å². The molecule has 0 unspecified atom stereocenters. The summed E-state index contributed by atoms with van der Waals surface area (Å²) in [5, 5.41) is 0. The van der Waals surface area contributed by atoms with Gasteiger partial charge >= 0.3 is 0 Å². The van der Waals surface area contributed by atoms with Gasteiger partial charge in [-0.1, -0.05) is 72.4 Å². The molecule has 0 heteroatoms. The topological polar surface area (TPSA) is 0 Å². The first-order chi connectivity index (χ1) is 7.27. The van der Waals surface area contributed by atoms with Gasteiger partial charge < -0.3 is 0 Å². The highest BCUT2D eigenvalue weighted by atomic mass is 13.8. The lowest BCUT2D eigenvalue weighted by Gasteiger charge is -1.79. The first kappa shape index (κ1) is 13.4. The Balaban J connectivity index is 3.80. The van der Waals surface area contributed by atoms with E-state index >= 15 is 0 Å². The molecule has 0 rings (SSSR count). The maximum Gasteiger partial charge on any atom is -0.0439 e. The summed E-state index contributed by atoms with van der Waals surface area (Å²) in [4.78, 5) is 0. The lowest BCUT2D eigenvalue weighted by molar-refractivity contribution is 1.39. The van der Waals surface area contributed by atoms with Crippen LogP contribution < -0.4 is 0 Å². The van der Waals surface area contributed by atoms with E-state index in [1.807, 2.05) is 67.7 Å². The van der Waals surface area contributed by atoms with Crippen molar-refractivity contribution in [3.8, 4) is 0 Å². The van der Waals surface area contributed by atoms with Crippen LogP contribution in [0, 0.1) is 0 Å². The zero-order valence-electron chi connectivity index (χ0n) is 9.85. The molecule has 0 saturated heterocycles. The highest BCUT2D eigenvalue weighted by Gasteiger charge is 1.68. The Morgan fingerprint density at radius 2 is 1.00 bits per heavy atom. The predicted molar refractivity (Wildman–Crippen MR) is 70.8 cm³/mol. The lowest BCUT2D eigenvalue weighted by Crippen LogP contribution is -1.58. The molecule has 0 aromatic carbocycles. The molecule has 0 aliphatic heterocycles. The molecule has 15 heavy (non-hydrogen) atoms. The molecule has 0 spiro atoms. The molecule has 0 aliphatic rings. The van der Waals surface area contributed by atoms with E-state index in [4.69, 9.17) is 0 Å². The van der Waals surface area contributed by atoms with Crippen molar-refractivity contribution < 1.29 is 0 Å². The third kappa shape index (κ3) is 12.4. The van der Waals surface area contributed by atoms with Crippen LogP contribution in [0.25, 0.3) is 0 Å². The Hall–Kier alpha value is -1.56. The number of allylic oxidation sites excluding steroid dienone is 12. The van der Waals surface area contributed by atoms with Gasteiger partial charge in [0.25, 0.3) is 0 Å². The van der Waals surface area contributed by atoms with E-state index in [9.17, 15) is 0 Å². The molecule has 0 heterocycles. The molecular weight excluding hydrogens is 180 g/mol. The summed E-state index contributed by atoms with van der Waals surface area (Å²) in [6.07, 6.45) is 22.2. The maximum absolute atomic E-state index is 2.08. The average Bonchev–Trinajstić information content (AvgIpc) is 2.20. The van der Waals surface area contributed by atoms with Crippen molar-refractivity contribution in [3.63, 3.8) is 0 Å². The second kappa shape index (κ2) is 10.5. The van der Waals surface area contributed by atoms with E-state index in [1.54, 1.807) is 0 Å². The van der Waals surface area contributed by atoms with Gasteiger partial charge in [0, 0.05) is 0 Å². The van der Waals surface area contributed by atoms with Crippen molar-refractivity contribution in [1.82, 2.24) is 0 Å². The number of hydrogen-bond acceptors (Lipinski definition) is 0. The molecule has 0 amide bonds. The summed E-state index contributed by atoms with van der Waals surface area (Å²) >= 11 is 0. The van der Waals surface area contributed by atoms with Gasteiger partial charge in [0.2, 0.25) is 0 Å². The Morgan fingerprint density at radius 1 is 0.600 bits per heavy atom. The van der Waals surface area contributed by atoms with E-state index in [1.165, 1.54) is 5.57 Å². The Labute approximate surface area is 93.7 Å². The molecule has 0 aromatic heterocycles. The highest BCUT2D eigenvalue weighted by Crippen LogP contribution is 1.89. The molecule has 0 N–H and O–H groups in total. The molecule has 0 aliphatic carbocycles. The fourth-order valence-corrected chi connectivity index (χ4v) is 0.808. The third-order valence-electron chi connectivity index (χ3n) is 1.51. The van der Waals surface area contributed by atoms with Gasteiger partial charge in [0.05, 0.1) is 0 Å². The van der Waals surface area contributed by atoms with E-state index < -0.39 is 0 Å². The number of hydrogen-bond donors (Lipinski definition) is 0. The minimum atomic E-state index is 1.31. The minimum Gasteiger partial charge on any atom is -0.0877 e. The van der Waals surface area contributed by atoms with Crippen molar-refractivity contribution >= 4 is 0 Å². The molecule has 0 saturated carbocycles. The molecule has 0 aromatic rings. The standard InChI is InChI=1S/C15H20/c1-4-5-6-7-8-9-10-11-12-13-14-15(2)3/h4-14H,1-3H3/b5-4+,7-6+,9-8+,11-10+,13-12+. The van der Waals surface area contributed by atoms with Crippen LogP contribution in [0.15, 0.2) is 72.4 Å². The summed E-state index contributed by atoms with van der Waals surface area (Å²) in [6.45, 7) is 6.17. The van der Waals surface area contributed by atoms with E-state index in [0.29, 0.717) is 0 Å². The van der Waals surface area contributed by atoms with Crippen molar-refractivity contribution in [2.45, 2.75) is 20.8 Å². The second-order valence-corrected chi connectivity index (χ2v) is 3.31. The van der Waals surface area contributed by atoms with Gasteiger partial charge in [0.1, 0.15) is 0 Å². The smallest absolute Gasteiger partial charge is 0.0439 e. The largest absolute Gasteiger partial charge is 0.0877 e. The zero-order valence-corrected chi connectivity index (χ0v) is 9.85. The molecule has 0 atom stereocenters. The summed E-state index contributed by atoms with van der Waals surface area (Å²) in [5.74, 6) is 0. The third-order valence-corrected chi connectivity index (χ3v) is 1.51. The van der Waals surface area contributed by atoms with E-state index in [2.05, 4.69) is 19.9 Å². The van der Waals surface area contributed by atoms with Crippen LogP contribution in [0.2, 0.25) is 0 Å². The van der Waals surface area contributed by atoms with Crippen LogP contribution >= 0.6 is 0 Å². The monoisotopic (exact) mass is 200 g/mol. The quantitative estimate of drug-likeness (QED) is 0.562. The molecular formula is C15H20. The second-order valence-electron chi connectivity index (χ2n) is 3.31. The first-order valence-electron chi connectivity index (χ1n) is 5.20. The summed E-state index contributed by atoms with van der Waals surface area (Å²) in [5.41, 5.74) is 1.31. The Kier molecular flexibility index (Phi) is 9.43. The normalized spacial score (nSPS) is 13.0. The van der Waals surface area contributed by atoms with Gasteiger partial charge in [-0.2, -0.15) is 0 Å². The molecule has 0 nitrogen and oxygen atoms in total. The van der Waals surface area contributed by atoms with E-state index in [0.717, 1.165) is 0 Å². The van der Waals surface area contributed by atoms with Crippen LogP contribution in [0.3, 0.4) is 0 Å².